The number of hydrogen-bond donors (Lipinski definition) is 2. The zero-order valence-corrected chi connectivity index (χ0v) is 8.56. The van der Waals surface area contributed by atoms with E-state index in [4.69, 9.17) is 4.74 Å². The van der Waals surface area contributed by atoms with Crippen molar-refractivity contribution in [1.82, 2.24) is 5.43 Å². The minimum Gasteiger partial charge on any atom is -0.463 e. The molecular formula is C10H14N2O3. The Morgan fingerprint density at radius 3 is 3.07 bits per heavy atom. The molecule has 0 saturated heterocycles. The second-order valence-electron chi connectivity index (χ2n) is 3.66. The van der Waals surface area contributed by atoms with Crippen LogP contribution >= 0.6 is 0 Å². The van der Waals surface area contributed by atoms with Gasteiger partial charge in [0.25, 0.3) is 0 Å². The number of hydrazone groups is 1. The summed E-state index contributed by atoms with van der Waals surface area (Å²) >= 11 is 0. The number of hydrogen-bond acceptors (Lipinski definition) is 5. The van der Waals surface area contributed by atoms with Crippen LogP contribution in [-0.4, -0.2) is 29.6 Å². The van der Waals surface area contributed by atoms with E-state index in [-0.39, 0.29) is 5.57 Å². The molecule has 2 N–H and O–H groups in total. The largest absolute Gasteiger partial charge is 0.463 e. The zero-order chi connectivity index (χ0) is 10.8. The van der Waals surface area contributed by atoms with E-state index >= 15 is 0 Å². The van der Waals surface area contributed by atoms with Gasteiger partial charge in [-0.3, -0.25) is 5.43 Å². The fourth-order valence-electron chi connectivity index (χ4n) is 1.45. The van der Waals surface area contributed by atoms with Gasteiger partial charge in [-0.2, -0.15) is 5.10 Å². The van der Waals surface area contributed by atoms with Crippen LogP contribution in [0.5, 0.6) is 0 Å². The molecule has 82 valence electrons. The number of allylic oxidation sites excluding steroid dienone is 1. The number of aliphatic hydroxyl groups is 1. The summed E-state index contributed by atoms with van der Waals surface area (Å²) in [6, 6.07) is 0. The molecule has 1 atom stereocenters. The molecule has 1 aliphatic heterocycles. The van der Waals surface area contributed by atoms with E-state index in [0.717, 1.165) is 18.6 Å². The van der Waals surface area contributed by atoms with Gasteiger partial charge < -0.3 is 9.84 Å². The highest BCUT2D eigenvalue weighted by molar-refractivity contribution is 6.05. The molecular weight excluding hydrogens is 196 g/mol. The number of esters is 1. The number of nitrogens with one attached hydrogen (secondary N) is 1. The third kappa shape index (κ3) is 2.18. The molecule has 0 radical (unpaired) electrons. The third-order valence-electron chi connectivity index (χ3n) is 2.42. The molecule has 15 heavy (non-hydrogen) atoms. The molecule has 0 aromatic heterocycles. The van der Waals surface area contributed by atoms with Crippen LogP contribution in [0.15, 0.2) is 16.8 Å². The second kappa shape index (κ2) is 4.02. The quantitative estimate of drug-likeness (QED) is 0.651. The fraction of sp³-hybridized carbons (Fsp3) is 0.600. The lowest BCUT2D eigenvalue weighted by Crippen LogP contribution is -2.35. The summed E-state index contributed by atoms with van der Waals surface area (Å²) in [6.07, 6.45) is 2.79. The van der Waals surface area contributed by atoms with E-state index in [2.05, 4.69) is 10.5 Å². The summed E-state index contributed by atoms with van der Waals surface area (Å²) in [5.41, 5.74) is 3.60. The Morgan fingerprint density at radius 2 is 2.47 bits per heavy atom. The summed E-state index contributed by atoms with van der Waals surface area (Å²) in [5.74, 6) is -0.0417. The van der Waals surface area contributed by atoms with Crippen molar-refractivity contribution in [3.8, 4) is 0 Å². The van der Waals surface area contributed by atoms with Crippen molar-refractivity contribution >= 4 is 11.7 Å². The van der Waals surface area contributed by atoms with Gasteiger partial charge in [0.2, 0.25) is 0 Å². The molecule has 5 heteroatoms. The molecule has 2 aliphatic rings. The molecule has 0 spiro atoms. The van der Waals surface area contributed by atoms with Gasteiger partial charge in [-0.25, -0.2) is 4.79 Å². The number of carbonyl (C=O) groups excluding carboxylic acids is 1. The first-order valence-corrected chi connectivity index (χ1v) is 5.12. The minimum absolute atomic E-state index is 0.244. The predicted octanol–water partition coefficient (Wildman–Crippen LogP) is 0.164. The lowest BCUT2D eigenvalue weighted by molar-refractivity contribution is -0.139. The Balaban J connectivity index is 2.12. The van der Waals surface area contributed by atoms with Gasteiger partial charge in [-0.05, 0) is 25.8 Å². The van der Waals surface area contributed by atoms with E-state index in [1.54, 1.807) is 13.0 Å². The Hall–Kier alpha value is -1.36. The van der Waals surface area contributed by atoms with Crippen molar-refractivity contribution in [2.45, 2.75) is 26.0 Å². The highest BCUT2D eigenvalue weighted by Gasteiger charge is 2.31. The van der Waals surface area contributed by atoms with Crippen LogP contribution in [0.1, 0.15) is 19.8 Å². The van der Waals surface area contributed by atoms with Crippen LogP contribution in [-0.2, 0) is 9.53 Å². The topological polar surface area (TPSA) is 70.9 Å². The first-order valence-electron chi connectivity index (χ1n) is 5.12. The number of rotatable bonds is 3. The van der Waals surface area contributed by atoms with Crippen molar-refractivity contribution in [3.05, 3.63) is 11.6 Å². The van der Waals surface area contributed by atoms with Gasteiger partial charge in [0, 0.05) is 5.92 Å². The van der Waals surface area contributed by atoms with E-state index in [0.29, 0.717) is 12.5 Å². The lowest BCUT2D eigenvalue weighted by Gasteiger charge is -2.18. The maximum Gasteiger partial charge on any atom is 0.338 e. The van der Waals surface area contributed by atoms with Crippen molar-refractivity contribution in [1.29, 1.82) is 0 Å². The molecule has 1 saturated carbocycles. The van der Waals surface area contributed by atoms with E-state index in [9.17, 15) is 9.90 Å². The summed E-state index contributed by atoms with van der Waals surface area (Å²) in [5, 5.41) is 13.5. The Morgan fingerprint density at radius 1 is 1.73 bits per heavy atom. The van der Waals surface area contributed by atoms with Crippen molar-refractivity contribution in [3.63, 3.8) is 0 Å². The number of aliphatic hydroxyl groups excluding tert-OH is 1. The van der Waals surface area contributed by atoms with Gasteiger partial charge in [0.15, 0.2) is 6.23 Å². The van der Waals surface area contributed by atoms with Gasteiger partial charge >= 0.3 is 5.97 Å². The normalized spacial score (nSPS) is 25.1. The Kier molecular flexibility index (Phi) is 2.73. The Bertz CT molecular complexity index is 332. The molecule has 5 nitrogen and oxygen atoms in total. The maximum atomic E-state index is 11.5. The first kappa shape index (κ1) is 10.2. The predicted molar refractivity (Wildman–Crippen MR) is 54.0 cm³/mol. The second-order valence-corrected chi connectivity index (χ2v) is 3.66. The number of nitrogens with zero attached hydrogens (tertiary/aromatic N) is 1. The van der Waals surface area contributed by atoms with Crippen molar-refractivity contribution in [2.24, 2.45) is 11.0 Å². The zero-order valence-electron chi connectivity index (χ0n) is 8.56. The molecule has 1 heterocycles. The first-order chi connectivity index (χ1) is 7.22. The molecule has 2 rings (SSSR count). The van der Waals surface area contributed by atoms with Crippen LogP contribution in [0, 0.1) is 5.92 Å². The standard InChI is InChI=1S/C10H14N2O3/c1-2-15-10(14)7-5-8(6-3-4-6)11-12-9(7)13/h5-6,9,12-13H,2-4H2,1H3. The Labute approximate surface area is 87.8 Å². The van der Waals surface area contributed by atoms with Crippen LogP contribution < -0.4 is 5.43 Å². The van der Waals surface area contributed by atoms with Crippen LogP contribution in [0.3, 0.4) is 0 Å². The molecule has 1 aliphatic carbocycles. The van der Waals surface area contributed by atoms with E-state index in [1.807, 2.05) is 0 Å². The number of carbonyl (C=O) groups is 1. The molecule has 0 amide bonds. The van der Waals surface area contributed by atoms with Gasteiger partial charge in [0.05, 0.1) is 17.9 Å². The molecule has 0 bridgehead atoms. The molecule has 1 fully saturated rings. The average Bonchev–Trinajstić information content (AvgIpc) is 3.02. The van der Waals surface area contributed by atoms with Crippen LogP contribution in [0.25, 0.3) is 0 Å². The van der Waals surface area contributed by atoms with E-state index in [1.165, 1.54) is 0 Å². The SMILES string of the molecule is CCOC(=O)C1=CC(C2CC2)=NNC1O. The summed E-state index contributed by atoms with van der Waals surface area (Å²) in [6.45, 7) is 2.04. The lowest BCUT2D eigenvalue weighted by atomic mass is 10.1. The summed E-state index contributed by atoms with van der Waals surface area (Å²) in [4.78, 5) is 11.5. The third-order valence-corrected chi connectivity index (χ3v) is 2.42. The molecule has 0 aromatic carbocycles. The molecule has 1 unspecified atom stereocenters. The highest BCUT2D eigenvalue weighted by atomic mass is 16.5. The van der Waals surface area contributed by atoms with Gasteiger partial charge in [0.1, 0.15) is 0 Å². The molecule has 0 aromatic rings. The maximum absolute atomic E-state index is 11.5. The summed E-state index contributed by atoms with van der Waals surface area (Å²) in [7, 11) is 0. The summed E-state index contributed by atoms with van der Waals surface area (Å²) < 4.78 is 4.84. The highest BCUT2D eigenvalue weighted by Crippen LogP contribution is 2.32. The van der Waals surface area contributed by atoms with Crippen molar-refractivity contribution in [2.75, 3.05) is 6.61 Å². The van der Waals surface area contributed by atoms with Crippen LogP contribution in [0.4, 0.5) is 0 Å². The van der Waals surface area contributed by atoms with Crippen molar-refractivity contribution < 1.29 is 14.6 Å². The number of ether oxygens (including phenoxy) is 1. The fourth-order valence-corrected chi connectivity index (χ4v) is 1.45. The smallest absolute Gasteiger partial charge is 0.338 e. The van der Waals surface area contributed by atoms with Gasteiger partial charge in [-0.15, -0.1) is 0 Å². The monoisotopic (exact) mass is 210 g/mol. The minimum atomic E-state index is -1.05. The van der Waals surface area contributed by atoms with Crippen LogP contribution in [0.2, 0.25) is 0 Å². The van der Waals surface area contributed by atoms with E-state index < -0.39 is 12.2 Å². The van der Waals surface area contributed by atoms with Gasteiger partial charge in [-0.1, -0.05) is 0 Å². The average molecular weight is 210 g/mol.